The van der Waals surface area contributed by atoms with E-state index in [9.17, 15) is 9.59 Å². The molecule has 1 aliphatic rings. The van der Waals surface area contributed by atoms with Crippen molar-refractivity contribution in [1.82, 2.24) is 0 Å². The Morgan fingerprint density at radius 1 is 1.50 bits per heavy atom. The van der Waals surface area contributed by atoms with Gasteiger partial charge in [0.25, 0.3) is 0 Å². The molecule has 0 radical (unpaired) electrons. The fourth-order valence-electron chi connectivity index (χ4n) is 1.98. The molecule has 5 heteroatoms. The maximum atomic E-state index is 12.1. The van der Waals surface area contributed by atoms with Crippen LogP contribution in [0.15, 0.2) is 29.2 Å². The molecule has 0 fully saturated rings. The van der Waals surface area contributed by atoms with Crippen molar-refractivity contribution >= 4 is 29.3 Å². The molecule has 0 aromatic heterocycles. The van der Waals surface area contributed by atoms with Gasteiger partial charge in [-0.05, 0) is 18.6 Å². The topological polar surface area (TPSA) is 57.6 Å². The SMILES string of the molecule is CCC1CC(=O)N(CC(=O)O)c2ccccc2S1. The highest BCUT2D eigenvalue weighted by atomic mass is 32.2. The highest BCUT2D eigenvalue weighted by Gasteiger charge is 2.28. The molecule has 1 N–H and O–H groups in total. The Bertz CT molecular complexity index is 475. The number of para-hydroxylation sites is 1. The molecule has 0 saturated heterocycles. The molecule has 1 aliphatic heterocycles. The molecular formula is C13H15NO3S. The van der Waals surface area contributed by atoms with E-state index in [0.29, 0.717) is 12.1 Å². The molecule has 1 aromatic rings. The first-order valence-corrected chi connectivity index (χ1v) is 6.77. The second-order valence-corrected chi connectivity index (χ2v) is 5.54. The monoisotopic (exact) mass is 265 g/mol. The van der Waals surface area contributed by atoms with Crippen LogP contribution in [0.5, 0.6) is 0 Å². The highest BCUT2D eigenvalue weighted by molar-refractivity contribution is 8.00. The number of thioether (sulfide) groups is 1. The summed E-state index contributed by atoms with van der Waals surface area (Å²) in [5, 5.41) is 9.14. The minimum absolute atomic E-state index is 0.110. The van der Waals surface area contributed by atoms with Crippen LogP contribution < -0.4 is 4.90 Å². The number of anilines is 1. The molecule has 18 heavy (non-hydrogen) atoms. The van der Waals surface area contributed by atoms with E-state index in [1.54, 1.807) is 17.8 Å². The summed E-state index contributed by atoms with van der Waals surface area (Å²) >= 11 is 1.66. The predicted octanol–water partition coefficient (Wildman–Crippen LogP) is 2.38. The maximum absolute atomic E-state index is 12.1. The number of hydrogen-bond donors (Lipinski definition) is 1. The molecule has 0 bridgehead atoms. The first kappa shape index (κ1) is 13.0. The summed E-state index contributed by atoms with van der Waals surface area (Å²) in [6, 6.07) is 7.48. The minimum atomic E-state index is -0.988. The van der Waals surface area contributed by atoms with E-state index >= 15 is 0 Å². The minimum Gasteiger partial charge on any atom is -0.480 e. The van der Waals surface area contributed by atoms with Crippen molar-refractivity contribution in [2.75, 3.05) is 11.4 Å². The summed E-state index contributed by atoms with van der Waals surface area (Å²) in [6.45, 7) is 1.77. The van der Waals surface area contributed by atoms with E-state index in [2.05, 4.69) is 0 Å². The van der Waals surface area contributed by atoms with Gasteiger partial charge in [0.1, 0.15) is 6.54 Å². The van der Waals surface area contributed by atoms with Crippen LogP contribution in [0.3, 0.4) is 0 Å². The van der Waals surface area contributed by atoms with Crippen LogP contribution in [0, 0.1) is 0 Å². The van der Waals surface area contributed by atoms with Gasteiger partial charge in [-0.1, -0.05) is 19.1 Å². The van der Waals surface area contributed by atoms with Crippen molar-refractivity contribution < 1.29 is 14.7 Å². The Labute approximate surface area is 110 Å². The van der Waals surface area contributed by atoms with Gasteiger partial charge in [-0.2, -0.15) is 0 Å². The quantitative estimate of drug-likeness (QED) is 0.911. The summed E-state index contributed by atoms with van der Waals surface area (Å²) in [5.41, 5.74) is 0.714. The fraction of sp³-hybridized carbons (Fsp3) is 0.385. The van der Waals surface area contributed by atoms with Crippen molar-refractivity contribution in [1.29, 1.82) is 0 Å². The van der Waals surface area contributed by atoms with Crippen LogP contribution >= 0.6 is 11.8 Å². The summed E-state index contributed by atoms with van der Waals surface area (Å²) < 4.78 is 0. The number of nitrogens with zero attached hydrogens (tertiary/aromatic N) is 1. The van der Waals surface area contributed by atoms with Gasteiger partial charge >= 0.3 is 5.97 Å². The molecule has 4 nitrogen and oxygen atoms in total. The van der Waals surface area contributed by atoms with Gasteiger partial charge in [0.05, 0.1) is 5.69 Å². The largest absolute Gasteiger partial charge is 0.480 e. The number of fused-ring (bicyclic) bond motifs is 1. The van der Waals surface area contributed by atoms with E-state index < -0.39 is 5.97 Å². The highest BCUT2D eigenvalue weighted by Crippen LogP contribution is 2.38. The third-order valence-electron chi connectivity index (χ3n) is 2.90. The zero-order valence-corrected chi connectivity index (χ0v) is 10.9. The summed E-state index contributed by atoms with van der Waals surface area (Å²) in [5.74, 6) is -1.10. The summed E-state index contributed by atoms with van der Waals surface area (Å²) in [4.78, 5) is 25.4. The molecule has 1 heterocycles. The van der Waals surface area contributed by atoms with Crippen molar-refractivity contribution in [3.05, 3.63) is 24.3 Å². The number of hydrogen-bond acceptors (Lipinski definition) is 3. The van der Waals surface area contributed by atoms with Gasteiger partial charge in [0.2, 0.25) is 5.91 Å². The number of carboxylic acids is 1. The van der Waals surface area contributed by atoms with Crippen molar-refractivity contribution in [3.63, 3.8) is 0 Å². The lowest BCUT2D eigenvalue weighted by Crippen LogP contribution is -2.36. The summed E-state index contributed by atoms with van der Waals surface area (Å²) in [6.07, 6.45) is 1.29. The van der Waals surface area contributed by atoms with Gasteiger partial charge in [0, 0.05) is 16.6 Å². The Morgan fingerprint density at radius 3 is 2.89 bits per heavy atom. The van der Waals surface area contributed by atoms with Crippen molar-refractivity contribution in [3.8, 4) is 0 Å². The van der Waals surface area contributed by atoms with Crippen LogP contribution in [-0.4, -0.2) is 28.8 Å². The van der Waals surface area contributed by atoms with Crippen molar-refractivity contribution in [2.45, 2.75) is 29.9 Å². The van der Waals surface area contributed by atoms with Gasteiger partial charge in [-0.3, -0.25) is 9.59 Å². The number of carboxylic acid groups (broad SMARTS) is 1. The Kier molecular flexibility index (Phi) is 3.91. The maximum Gasteiger partial charge on any atom is 0.323 e. The van der Waals surface area contributed by atoms with Gasteiger partial charge in [-0.15, -0.1) is 11.8 Å². The Balaban J connectivity index is 2.40. The second kappa shape index (κ2) is 5.44. The molecule has 1 atom stereocenters. The molecule has 96 valence electrons. The lowest BCUT2D eigenvalue weighted by atomic mass is 10.2. The van der Waals surface area contributed by atoms with Crippen LogP contribution in [0.2, 0.25) is 0 Å². The molecule has 1 aromatic carbocycles. The third-order valence-corrected chi connectivity index (χ3v) is 4.33. The number of carbonyl (C=O) groups is 2. The van der Waals surface area contributed by atoms with Crippen molar-refractivity contribution in [2.24, 2.45) is 0 Å². The van der Waals surface area contributed by atoms with Crippen LogP contribution in [0.25, 0.3) is 0 Å². The molecule has 0 saturated carbocycles. The molecule has 2 rings (SSSR count). The normalized spacial score (nSPS) is 19.3. The van der Waals surface area contributed by atoms with E-state index in [0.717, 1.165) is 11.3 Å². The zero-order chi connectivity index (χ0) is 13.1. The lowest BCUT2D eigenvalue weighted by molar-refractivity contribution is -0.136. The fourth-order valence-corrected chi connectivity index (χ4v) is 3.18. The Hall–Kier alpha value is -1.49. The van der Waals surface area contributed by atoms with Crippen LogP contribution in [0.4, 0.5) is 5.69 Å². The number of carbonyl (C=O) groups excluding carboxylic acids is 1. The third kappa shape index (κ3) is 2.67. The molecule has 0 spiro atoms. The van der Waals surface area contributed by atoms with E-state index in [-0.39, 0.29) is 17.7 Å². The first-order valence-electron chi connectivity index (χ1n) is 5.89. The number of aliphatic carboxylic acids is 1. The standard InChI is InChI=1S/C13H15NO3S/c1-2-9-7-12(15)14(8-13(16)17)10-5-3-4-6-11(10)18-9/h3-6,9H,2,7-8H2,1H3,(H,16,17). The second-order valence-electron chi connectivity index (χ2n) is 4.19. The van der Waals surface area contributed by atoms with Gasteiger partial charge in [-0.25, -0.2) is 0 Å². The Morgan fingerprint density at radius 2 is 2.22 bits per heavy atom. The molecular weight excluding hydrogens is 250 g/mol. The molecule has 0 aliphatic carbocycles. The van der Waals surface area contributed by atoms with Crippen LogP contribution in [0.1, 0.15) is 19.8 Å². The summed E-state index contributed by atoms with van der Waals surface area (Å²) in [7, 11) is 0. The van der Waals surface area contributed by atoms with Gasteiger partial charge < -0.3 is 10.0 Å². The zero-order valence-electron chi connectivity index (χ0n) is 10.1. The average molecular weight is 265 g/mol. The number of benzene rings is 1. The number of amides is 1. The van der Waals surface area contributed by atoms with E-state index in [1.165, 1.54) is 4.90 Å². The van der Waals surface area contributed by atoms with E-state index in [1.807, 2.05) is 25.1 Å². The average Bonchev–Trinajstić information content (AvgIpc) is 2.47. The number of rotatable bonds is 3. The van der Waals surface area contributed by atoms with E-state index in [4.69, 9.17) is 5.11 Å². The van der Waals surface area contributed by atoms with Crippen LogP contribution in [-0.2, 0) is 9.59 Å². The molecule has 1 unspecified atom stereocenters. The smallest absolute Gasteiger partial charge is 0.323 e. The lowest BCUT2D eigenvalue weighted by Gasteiger charge is -2.20. The molecule has 1 amide bonds. The first-order chi connectivity index (χ1) is 8.61. The van der Waals surface area contributed by atoms with Gasteiger partial charge in [0.15, 0.2) is 0 Å². The predicted molar refractivity (Wildman–Crippen MR) is 71.0 cm³/mol.